The normalized spacial score (nSPS) is 14.3. The molecule has 19 heavy (non-hydrogen) atoms. The second-order valence-corrected chi connectivity index (χ2v) is 7.21. The number of carboxylic acids is 2. The Bertz CT molecular complexity index is 273. The van der Waals surface area contributed by atoms with Crippen LogP contribution in [0.15, 0.2) is 0 Å². The largest absolute Gasteiger partial charge is 2.00 e. The first-order chi connectivity index (χ1) is 7.71. The number of carbonyl (C=O) groups excluding carboxylic acids is 2. The first kappa shape index (κ1) is 24.1. The van der Waals surface area contributed by atoms with Crippen LogP contribution < -0.4 is 21.7 Å². The van der Waals surface area contributed by atoms with Gasteiger partial charge in [-0.3, -0.25) is 0 Å². The first-order valence-electron chi connectivity index (χ1n) is 5.09. The summed E-state index contributed by atoms with van der Waals surface area (Å²) in [6.07, 6.45) is 0. The van der Waals surface area contributed by atoms with Crippen molar-refractivity contribution in [3.8, 4) is 0 Å². The van der Waals surface area contributed by atoms with E-state index in [0.717, 1.165) is 0 Å². The summed E-state index contributed by atoms with van der Waals surface area (Å²) in [6.45, 7) is 6.49. The summed E-state index contributed by atoms with van der Waals surface area (Å²) in [4.78, 5) is 20.1. The van der Waals surface area contributed by atoms with Gasteiger partial charge in [-0.15, -0.1) is 0 Å². The maximum absolute atomic E-state index is 10.1. The molecule has 0 saturated carbocycles. The summed E-state index contributed by atoms with van der Waals surface area (Å²) in [5, 5.41) is 20.1. The van der Waals surface area contributed by atoms with Crippen LogP contribution in [0.1, 0.15) is 27.7 Å². The second-order valence-electron chi connectivity index (χ2n) is 4.90. The van der Waals surface area contributed by atoms with E-state index in [4.69, 9.17) is 11.5 Å². The topological polar surface area (TPSA) is 132 Å². The molecule has 0 rings (SSSR count). The Kier molecular flexibility index (Phi) is 11.5. The minimum absolute atomic E-state index is 0. The van der Waals surface area contributed by atoms with Crippen LogP contribution in [0.4, 0.5) is 0 Å². The van der Waals surface area contributed by atoms with Gasteiger partial charge in [-0.1, -0.05) is 0 Å². The van der Waals surface area contributed by atoms with Gasteiger partial charge in [-0.25, -0.2) is 0 Å². The van der Waals surface area contributed by atoms with E-state index in [0.29, 0.717) is 0 Å². The number of aliphatic carboxylic acids is 2. The van der Waals surface area contributed by atoms with Gasteiger partial charge in [0.15, 0.2) is 0 Å². The molecule has 0 aromatic rings. The fourth-order valence-electron chi connectivity index (χ4n) is 0.577. The van der Waals surface area contributed by atoms with E-state index in [2.05, 4.69) is 25.3 Å². The van der Waals surface area contributed by atoms with Crippen molar-refractivity contribution in [2.45, 2.75) is 49.3 Å². The Morgan fingerprint density at radius 1 is 0.895 bits per heavy atom. The fourth-order valence-corrected chi connectivity index (χ4v) is 0.788. The molecule has 0 heterocycles. The van der Waals surface area contributed by atoms with Crippen LogP contribution in [0.5, 0.6) is 0 Å². The third-order valence-corrected chi connectivity index (χ3v) is 2.59. The quantitative estimate of drug-likeness (QED) is 0.325. The molecular formula is C10H20CuN2O4S2. The number of carboxylic acid groups (broad SMARTS) is 2. The molecule has 0 fully saturated rings. The van der Waals surface area contributed by atoms with Crippen molar-refractivity contribution in [2.75, 3.05) is 0 Å². The summed E-state index contributed by atoms with van der Waals surface area (Å²) in [6, 6.07) is -2.03. The predicted octanol–water partition coefficient (Wildman–Crippen LogP) is -2.46. The van der Waals surface area contributed by atoms with Gasteiger partial charge in [0.1, 0.15) is 0 Å². The average Bonchev–Trinajstić information content (AvgIpc) is 2.13. The number of rotatable bonds is 4. The smallest absolute Gasteiger partial charge is 0.548 e. The molecule has 0 aromatic carbocycles. The minimum Gasteiger partial charge on any atom is -0.548 e. The van der Waals surface area contributed by atoms with E-state index < -0.39 is 33.5 Å². The maximum atomic E-state index is 10.1. The zero-order chi connectivity index (χ0) is 15.3. The Morgan fingerprint density at radius 3 is 1.05 bits per heavy atom. The molecule has 0 unspecified atom stereocenters. The van der Waals surface area contributed by atoms with E-state index in [1.165, 1.54) is 0 Å². The van der Waals surface area contributed by atoms with Gasteiger partial charge in [-0.05, 0) is 27.7 Å². The Morgan fingerprint density at radius 2 is 1.05 bits per heavy atom. The molecule has 0 aliphatic carbocycles. The van der Waals surface area contributed by atoms with E-state index in [1.54, 1.807) is 27.7 Å². The molecule has 0 bridgehead atoms. The predicted molar refractivity (Wildman–Crippen MR) is 72.1 cm³/mol. The van der Waals surface area contributed by atoms with Crippen LogP contribution in [0.3, 0.4) is 0 Å². The molecule has 0 spiro atoms. The van der Waals surface area contributed by atoms with E-state index in [-0.39, 0.29) is 17.1 Å². The van der Waals surface area contributed by atoms with Crippen molar-refractivity contribution >= 4 is 37.2 Å². The van der Waals surface area contributed by atoms with Gasteiger partial charge in [-0.2, -0.15) is 25.3 Å². The third kappa shape index (κ3) is 11.6. The van der Waals surface area contributed by atoms with Crippen LogP contribution in [0.25, 0.3) is 0 Å². The van der Waals surface area contributed by atoms with Crippen molar-refractivity contribution in [3.63, 3.8) is 0 Å². The number of thiol groups is 2. The van der Waals surface area contributed by atoms with Crippen molar-refractivity contribution in [1.29, 1.82) is 0 Å². The fraction of sp³-hybridized carbons (Fsp3) is 0.800. The summed E-state index contributed by atoms with van der Waals surface area (Å²) in [5.74, 6) is -2.54. The van der Waals surface area contributed by atoms with Crippen molar-refractivity contribution < 1.29 is 36.9 Å². The van der Waals surface area contributed by atoms with Gasteiger partial charge in [0.05, 0.1) is 24.0 Å². The van der Waals surface area contributed by atoms with Crippen LogP contribution in [-0.2, 0) is 26.7 Å². The standard InChI is InChI=1S/2C5H11NO2S.Cu/c2*1-5(2,9)3(6)4(7)8;/h2*3,9H,6H2,1-2H3,(H,7,8);/q;;+2/p-2/t2*3-;/m11./s1. The van der Waals surface area contributed by atoms with E-state index in [9.17, 15) is 19.8 Å². The molecule has 117 valence electrons. The van der Waals surface area contributed by atoms with Crippen LogP contribution >= 0.6 is 25.3 Å². The molecule has 2 atom stereocenters. The molecule has 1 radical (unpaired) electrons. The second kappa shape index (κ2) is 9.10. The van der Waals surface area contributed by atoms with E-state index >= 15 is 0 Å². The monoisotopic (exact) mass is 359 g/mol. The van der Waals surface area contributed by atoms with Gasteiger partial charge < -0.3 is 31.3 Å². The molecule has 9 heteroatoms. The molecular weight excluding hydrogens is 340 g/mol. The van der Waals surface area contributed by atoms with Crippen LogP contribution in [0.2, 0.25) is 0 Å². The number of hydrogen-bond acceptors (Lipinski definition) is 8. The van der Waals surface area contributed by atoms with Gasteiger partial charge in [0, 0.05) is 9.49 Å². The van der Waals surface area contributed by atoms with Crippen molar-refractivity contribution in [3.05, 3.63) is 0 Å². The zero-order valence-electron chi connectivity index (χ0n) is 11.1. The van der Waals surface area contributed by atoms with Crippen molar-refractivity contribution in [1.82, 2.24) is 0 Å². The Labute approximate surface area is 135 Å². The molecule has 0 aliphatic heterocycles. The first-order valence-corrected chi connectivity index (χ1v) is 5.98. The Balaban J connectivity index is -0.000000256. The number of carbonyl (C=O) groups is 2. The summed E-state index contributed by atoms with van der Waals surface area (Å²) < 4.78 is -1.42. The maximum Gasteiger partial charge on any atom is 2.00 e. The summed E-state index contributed by atoms with van der Waals surface area (Å²) >= 11 is 7.89. The average molecular weight is 360 g/mol. The van der Waals surface area contributed by atoms with Crippen LogP contribution in [0, 0.1) is 0 Å². The molecule has 0 aromatic heterocycles. The minimum atomic E-state index is -1.27. The molecule has 0 saturated heterocycles. The SMILES string of the molecule is CC(C)(S)[C@H](N)C(=O)[O-].CC(C)(S)[C@H](N)C(=O)[O-].[Cu+2]. The number of nitrogens with two attached hydrogens (primary N) is 2. The van der Waals surface area contributed by atoms with Gasteiger partial charge in [0.25, 0.3) is 0 Å². The van der Waals surface area contributed by atoms with Crippen LogP contribution in [-0.4, -0.2) is 33.5 Å². The van der Waals surface area contributed by atoms with Gasteiger partial charge in [0.2, 0.25) is 0 Å². The third-order valence-electron chi connectivity index (χ3n) is 2.03. The van der Waals surface area contributed by atoms with E-state index in [1.807, 2.05) is 0 Å². The summed E-state index contributed by atoms with van der Waals surface area (Å²) in [5.41, 5.74) is 10.3. The summed E-state index contributed by atoms with van der Waals surface area (Å²) in [7, 11) is 0. The molecule has 4 N–H and O–H groups in total. The Hall–Kier alpha value is 0.0795. The number of hydrogen-bond donors (Lipinski definition) is 4. The van der Waals surface area contributed by atoms with Crippen molar-refractivity contribution in [2.24, 2.45) is 11.5 Å². The molecule has 0 amide bonds. The molecule has 6 nitrogen and oxygen atoms in total. The zero-order valence-corrected chi connectivity index (χ0v) is 13.9. The molecule has 0 aliphatic rings. The van der Waals surface area contributed by atoms with Gasteiger partial charge >= 0.3 is 17.1 Å².